The molecule has 2 N–H and O–H groups in total. The SMILES string of the molecule is N#Cc1cccc(/C=C2\NC(=O)NC2=O)c1. The van der Waals surface area contributed by atoms with Crippen LogP contribution in [0.2, 0.25) is 0 Å². The molecule has 0 bridgehead atoms. The van der Waals surface area contributed by atoms with Crippen molar-refractivity contribution in [1.29, 1.82) is 5.26 Å². The molecule has 0 saturated carbocycles. The second-order valence-corrected chi connectivity index (χ2v) is 3.20. The monoisotopic (exact) mass is 213 g/mol. The smallest absolute Gasteiger partial charge is 0.303 e. The van der Waals surface area contributed by atoms with Gasteiger partial charge in [-0.25, -0.2) is 4.79 Å². The zero-order chi connectivity index (χ0) is 11.5. The first kappa shape index (κ1) is 9.93. The van der Waals surface area contributed by atoms with Crippen LogP contribution in [0.4, 0.5) is 4.79 Å². The summed E-state index contributed by atoms with van der Waals surface area (Å²) in [4.78, 5) is 22.1. The Morgan fingerprint density at radius 1 is 1.25 bits per heavy atom. The van der Waals surface area contributed by atoms with Gasteiger partial charge in [0.1, 0.15) is 5.70 Å². The Morgan fingerprint density at radius 2 is 2.06 bits per heavy atom. The third kappa shape index (κ3) is 1.91. The predicted molar refractivity (Wildman–Crippen MR) is 55.8 cm³/mol. The molecular weight excluding hydrogens is 206 g/mol. The van der Waals surface area contributed by atoms with Gasteiger partial charge in [0, 0.05) is 0 Å². The van der Waals surface area contributed by atoms with Crippen LogP contribution >= 0.6 is 0 Å². The maximum atomic E-state index is 11.2. The van der Waals surface area contributed by atoms with E-state index in [1.807, 2.05) is 6.07 Å². The maximum absolute atomic E-state index is 11.2. The van der Waals surface area contributed by atoms with Crippen LogP contribution in [0.25, 0.3) is 6.08 Å². The number of benzene rings is 1. The van der Waals surface area contributed by atoms with Crippen LogP contribution in [0.3, 0.4) is 0 Å². The molecule has 0 aromatic heterocycles. The van der Waals surface area contributed by atoms with Gasteiger partial charge in [-0.1, -0.05) is 12.1 Å². The lowest BCUT2D eigenvalue weighted by molar-refractivity contribution is -0.115. The highest BCUT2D eigenvalue weighted by Gasteiger charge is 2.22. The third-order valence-electron chi connectivity index (χ3n) is 2.05. The second-order valence-electron chi connectivity index (χ2n) is 3.20. The fourth-order valence-corrected chi connectivity index (χ4v) is 1.35. The highest BCUT2D eigenvalue weighted by molar-refractivity contribution is 6.13. The van der Waals surface area contributed by atoms with Crippen LogP contribution in [-0.4, -0.2) is 11.9 Å². The predicted octanol–water partition coefficient (Wildman–Crippen LogP) is 0.739. The Bertz CT molecular complexity index is 540. The number of nitriles is 1. The largest absolute Gasteiger partial charge is 0.326 e. The number of hydrogen-bond donors (Lipinski definition) is 2. The van der Waals surface area contributed by atoms with E-state index < -0.39 is 11.9 Å². The summed E-state index contributed by atoms with van der Waals surface area (Å²) >= 11 is 0. The lowest BCUT2D eigenvalue weighted by Crippen LogP contribution is -2.22. The lowest BCUT2D eigenvalue weighted by atomic mass is 10.1. The number of urea groups is 1. The van der Waals surface area contributed by atoms with Gasteiger partial charge in [-0.15, -0.1) is 0 Å². The van der Waals surface area contributed by atoms with Crippen LogP contribution in [0.15, 0.2) is 30.0 Å². The highest BCUT2D eigenvalue weighted by atomic mass is 16.2. The van der Waals surface area contributed by atoms with Gasteiger partial charge in [-0.2, -0.15) is 5.26 Å². The van der Waals surface area contributed by atoms with Crippen molar-refractivity contribution in [2.24, 2.45) is 0 Å². The first-order valence-electron chi connectivity index (χ1n) is 4.53. The van der Waals surface area contributed by atoms with Crippen LogP contribution in [0, 0.1) is 11.3 Å². The molecule has 1 aliphatic heterocycles. The summed E-state index contributed by atoms with van der Waals surface area (Å²) in [7, 11) is 0. The molecule has 0 atom stereocenters. The molecule has 16 heavy (non-hydrogen) atoms. The zero-order valence-electron chi connectivity index (χ0n) is 8.15. The number of carbonyl (C=O) groups excluding carboxylic acids is 2. The third-order valence-corrected chi connectivity index (χ3v) is 2.05. The van der Waals surface area contributed by atoms with E-state index in [2.05, 4.69) is 10.6 Å². The quantitative estimate of drug-likeness (QED) is 0.533. The minimum Gasteiger partial charge on any atom is -0.303 e. The van der Waals surface area contributed by atoms with Crippen molar-refractivity contribution >= 4 is 18.0 Å². The van der Waals surface area contributed by atoms with Gasteiger partial charge >= 0.3 is 6.03 Å². The van der Waals surface area contributed by atoms with Crippen molar-refractivity contribution in [3.8, 4) is 6.07 Å². The Morgan fingerprint density at radius 3 is 2.69 bits per heavy atom. The summed E-state index contributed by atoms with van der Waals surface area (Å²) in [5.74, 6) is -0.465. The minimum atomic E-state index is -0.535. The van der Waals surface area contributed by atoms with E-state index in [0.717, 1.165) is 0 Å². The van der Waals surface area contributed by atoms with Crippen molar-refractivity contribution in [2.45, 2.75) is 0 Å². The van der Waals surface area contributed by atoms with Crippen LogP contribution in [-0.2, 0) is 4.79 Å². The first-order valence-corrected chi connectivity index (χ1v) is 4.53. The number of nitrogens with zero attached hydrogens (tertiary/aromatic N) is 1. The van der Waals surface area contributed by atoms with Gasteiger partial charge in [0.2, 0.25) is 0 Å². The highest BCUT2D eigenvalue weighted by Crippen LogP contribution is 2.10. The van der Waals surface area contributed by atoms with E-state index in [9.17, 15) is 9.59 Å². The van der Waals surface area contributed by atoms with E-state index in [0.29, 0.717) is 11.1 Å². The number of rotatable bonds is 1. The molecule has 1 saturated heterocycles. The molecular formula is C11H7N3O2. The molecule has 5 nitrogen and oxygen atoms in total. The summed E-state index contributed by atoms with van der Waals surface area (Å²) in [6.07, 6.45) is 1.51. The topological polar surface area (TPSA) is 82.0 Å². The zero-order valence-corrected chi connectivity index (χ0v) is 8.15. The van der Waals surface area contributed by atoms with Gasteiger partial charge in [-0.05, 0) is 23.8 Å². The van der Waals surface area contributed by atoms with Gasteiger partial charge in [0.15, 0.2) is 0 Å². The van der Waals surface area contributed by atoms with Crippen molar-refractivity contribution in [3.05, 3.63) is 41.1 Å². The first-order chi connectivity index (χ1) is 7.69. The van der Waals surface area contributed by atoms with Crippen molar-refractivity contribution < 1.29 is 9.59 Å². The molecule has 0 spiro atoms. The van der Waals surface area contributed by atoms with E-state index >= 15 is 0 Å². The normalized spacial score (nSPS) is 16.8. The van der Waals surface area contributed by atoms with Crippen LogP contribution < -0.4 is 10.6 Å². The molecule has 78 valence electrons. The molecule has 1 heterocycles. The summed E-state index contributed by atoms with van der Waals surface area (Å²) in [6.45, 7) is 0. The molecule has 1 aliphatic rings. The molecule has 2 rings (SSSR count). The Balaban J connectivity index is 2.33. The summed E-state index contributed by atoms with van der Waals surface area (Å²) in [5.41, 5.74) is 1.37. The van der Waals surface area contributed by atoms with Gasteiger partial charge in [0.25, 0.3) is 5.91 Å². The second kappa shape index (κ2) is 3.87. The number of imide groups is 1. The average Bonchev–Trinajstić information content (AvgIpc) is 2.58. The molecule has 3 amide bonds. The number of amides is 3. The number of carbonyl (C=O) groups is 2. The molecule has 5 heteroatoms. The van der Waals surface area contributed by atoms with Gasteiger partial charge in [-0.3, -0.25) is 10.1 Å². The van der Waals surface area contributed by atoms with E-state index in [-0.39, 0.29) is 5.70 Å². The number of hydrogen-bond acceptors (Lipinski definition) is 3. The van der Waals surface area contributed by atoms with E-state index in [4.69, 9.17) is 5.26 Å². The molecule has 1 fully saturated rings. The molecule has 1 aromatic rings. The van der Waals surface area contributed by atoms with Crippen LogP contribution in [0.1, 0.15) is 11.1 Å². The van der Waals surface area contributed by atoms with E-state index in [1.54, 1.807) is 24.3 Å². The maximum Gasteiger partial charge on any atom is 0.326 e. The van der Waals surface area contributed by atoms with Gasteiger partial charge < -0.3 is 5.32 Å². The fourth-order valence-electron chi connectivity index (χ4n) is 1.35. The Kier molecular flexibility index (Phi) is 2.40. The molecule has 0 unspecified atom stereocenters. The summed E-state index contributed by atoms with van der Waals surface area (Å²) in [6, 6.07) is 8.20. The number of nitrogens with one attached hydrogen (secondary N) is 2. The minimum absolute atomic E-state index is 0.181. The van der Waals surface area contributed by atoms with Crippen molar-refractivity contribution in [3.63, 3.8) is 0 Å². The average molecular weight is 213 g/mol. The Hall–Kier alpha value is -2.61. The lowest BCUT2D eigenvalue weighted by Gasteiger charge is -1.96. The molecule has 0 radical (unpaired) electrons. The standard InChI is InChI=1S/C11H7N3O2/c12-6-8-3-1-2-7(4-8)5-9-10(15)14-11(16)13-9/h1-5H,(H2,13,14,15,16)/b9-5-. The fraction of sp³-hybridized carbons (Fsp3) is 0. The molecule has 1 aromatic carbocycles. The van der Waals surface area contributed by atoms with Gasteiger partial charge in [0.05, 0.1) is 11.6 Å². The summed E-state index contributed by atoms with van der Waals surface area (Å²) < 4.78 is 0. The van der Waals surface area contributed by atoms with Crippen LogP contribution in [0.5, 0.6) is 0 Å². The van der Waals surface area contributed by atoms with Crippen molar-refractivity contribution in [1.82, 2.24) is 10.6 Å². The van der Waals surface area contributed by atoms with Crippen molar-refractivity contribution in [2.75, 3.05) is 0 Å². The summed E-state index contributed by atoms with van der Waals surface area (Å²) in [5, 5.41) is 13.2. The Labute approximate surface area is 91.4 Å². The molecule has 0 aliphatic carbocycles. The van der Waals surface area contributed by atoms with E-state index in [1.165, 1.54) is 6.08 Å².